The molecule has 1 aromatic rings. The number of carboxylic acids is 1. The van der Waals surface area contributed by atoms with Crippen molar-refractivity contribution in [2.45, 2.75) is 13.3 Å². The molecule has 22 heavy (non-hydrogen) atoms. The quantitative estimate of drug-likeness (QED) is 0.848. The number of hydrogen-bond donors (Lipinski definition) is 2. The Balaban J connectivity index is 1.80. The fraction of sp³-hybridized carbons (Fsp3) is 0.400. The summed E-state index contributed by atoms with van der Waals surface area (Å²) in [6.07, 6.45) is 0.429. The second-order valence-electron chi connectivity index (χ2n) is 5.89. The Morgan fingerprint density at radius 2 is 2.18 bits per heavy atom. The van der Waals surface area contributed by atoms with E-state index in [0.717, 1.165) is 0 Å². The molecule has 2 N–H and O–H groups in total. The topological polar surface area (TPSA) is 95.9 Å². The fourth-order valence-corrected chi connectivity index (χ4v) is 2.71. The van der Waals surface area contributed by atoms with Crippen molar-refractivity contribution in [3.63, 3.8) is 0 Å². The van der Waals surface area contributed by atoms with Gasteiger partial charge in [0, 0.05) is 18.7 Å². The van der Waals surface area contributed by atoms with Gasteiger partial charge in [0.05, 0.1) is 11.1 Å². The van der Waals surface area contributed by atoms with E-state index in [1.54, 1.807) is 25.1 Å². The maximum atomic E-state index is 12.5. The van der Waals surface area contributed by atoms with E-state index in [4.69, 9.17) is 4.74 Å². The van der Waals surface area contributed by atoms with E-state index in [1.807, 2.05) is 0 Å². The number of benzene rings is 1. The van der Waals surface area contributed by atoms with Crippen molar-refractivity contribution in [2.75, 3.05) is 25.0 Å². The summed E-state index contributed by atoms with van der Waals surface area (Å²) >= 11 is 0. The summed E-state index contributed by atoms with van der Waals surface area (Å²) in [5, 5.41) is 11.9. The zero-order valence-corrected chi connectivity index (χ0v) is 12.1. The van der Waals surface area contributed by atoms with Gasteiger partial charge in [-0.3, -0.25) is 14.4 Å². The number of fused-ring (bicyclic) bond motifs is 1. The number of anilines is 1. The fourth-order valence-electron chi connectivity index (χ4n) is 2.71. The first kappa shape index (κ1) is 14.4. The maximum absolute atomic E-state index is 12.5. The van der Waals surface area contributed by atoms with Gasteiger partial charge in [0.25, 0.3) is 11.8 Å². The van der Waals surface area contributed by atoms with Crippen molar-refractivity contribution in [2.24, 2.45) is 5.41 Å². The van der Waals surface area contributed by atoms with Crippen LogP contribution in [0, 0.1) is 5.41 Å². The summed E-state index contributed by atoms with van der Waals surface area (Å²) in [6, 6.07) is 4.81. The molecule has 7 nitrogen and oxygen atoms in total. The highest BCUT2D eigenvalue weighted by atomic mass is 16.5. The molecule has 0 aromatic heterocycles. The predicted molar refractivity (Wildman–Crippen MR) is 76.8 cm³/mol. The molecule has 2 amide bonds. The monoisotopic (exact) mass is 304 g/mol. The second kappa shape index (κ2) is 5.01. The average Bonchev–Trinajstić information content (AvgIpc) is 2.89. The van der Waals surface area contributed by atoms with Crippen molar-refractivity contribution in [3.05, 3.63) is 23.8 Å². The van der Waals surface area contributed by atoms with Crippen LogP contribution in [0.1, 0.15) is 23.7 Å². The molecule has 2 aliphatic heterocycles. The summed E-state index contributed by atoms with van der Waals surface area (Å²) in [5.74, 6) is -0.883. The third kappa shape index (κ3) is 2.38. The number of nitrogens with one attached hydrogen (secondary N) is 1. The number of aliphatic carboxylic acids is 1. The lowest BCUT2D eigenvalue weighted by molar-refractivity contribution is -0.147. The Hall–Kier alpha value is -2.57. The third-order valence-electron chi connectivity index (χ3n) is 4.14. The summed E-state index contributed by atoms with van der Waals surface area (Å²) in [7, 11) is 0. The van der Waals surface area contributed by atoms with Crippen molar-refractivity contribution < 1.29 is 24.2 Å². The minimum atomic E-state index is -0.902. The van der Waals surface area contributed by atoms with Crippen LogP contribution in [-0.4, -0.2) is 47.5 Å². The van der Waals surface area contributed by atoms with E-state index in [-0.39, 0.29) is 25.0 Å². The standard InChI is InChI=1S/C15H16N2O5/c1-15(14(20)21)4-5-17(8-15)13(19)9-2-3-11-10(6-9)16-12(18)7-22-11/h2-3,6H,4-5,7-8H2,1H3,(H,16,18)(H,20,21). The smallest absolute Gasteiger partial charge is 0.311 e. The Labute approximate surface area is 126 Å². The maximum Gasteiger partial charge on any atom is 0.311 e. The van der Waals surface area contributed by atoms with Gasteiger partial charge in [-0.1, -0.05) is 0 Å². The van der Waals surface area contributed by atoms with Crippen LogP contribution in [0.4, 0.5) is 5.69 Å². The lowest BCUT2D eigenvalue weighted by atomic mass is 9.90. The van der Waals surface area contributed by atoms with Crippen molar-refractivity contribution in [3.8, 4) is 5.75 Å². The summed E-state index contributed by atoms with van der Waals surface area (Å²) < 4.78 is 5.25. The van der Waals surface area contributed by atoms with Gasteiger partial charge in [-0.25, -0.2) is 0 Å². The first-order valence-corrected chi connectivity index (χ1v) is 6.98. The van der Waals surface area contributed by atoms with Crippen LogP contribution in [0.25, 0.3) is 0 Å². The largest absolute Gasteiger partial charge is 0.482 e. The molecular weight excluding hydrogens is 288 g/mol. The van der Waals surface area contributed by atoms with Crippen LogP contribution in [0.5, 0.6) is 5.75 Å². The number of carbonyl (C=O) groups is 3. The van der Waals surface area contributed by atoms with Crippen LogP contribution in [-0.2, 0) is 9.59 Å². The number of hydrogen-bond acceptors (Lipinski definition) is 4. The Morgan fingerprint density at radius 1 is 1.41 bits per heavy atom. The molecule has 1 fully saturated rings. The lowest BCUT2D eigenvalue weighted by Gasteiger charge is -2.22. The van der Waals surface area contributed by atoms with Crippen molar-refractivity contribution in [1.82, 2.24) is 4.90 Å². The molecule has 2 aliphatic rings. The van der Waals surface area contributed by atoms with Crippen LogP contribution >= 0.6 is 0 Å². The normalized spacial score (nSPS) is 23.5. The summed E-state index contributed by atoms with van der Waals surface area (Å²) in [6.45, 7) is 2.19. The highest BCUT2D eigenvalue weighted by molar-refractivity contribution is 6.00. The number of ether oxygens (including phenoxy) is 1. The SMILES string of the molecule is CC1(C(=O)O)CCN(C(=O)c2ccc3c(c2)NC(=O)CO3)C1. The molecule has 116 valence electrons. The first-order chi connectivity index (χ1) is 10.4. The second-order valence-corrected chi connectivity index (χ2v) is 5.89. The van der Waals surface area contributed by atoms with Gasteiger partial charge >= 0.3 is 5.97 Å². The molecule has 0 bridgehead atoms. The number of likely N-dealkylation sites (tertiary alicyclic amines) is 1. The van der Waals surface area contributed by atoms with Crippen LogP contribution in [0.15, 0.2) is 18.2 Å². The zero-order chi connectivity index (χ0) is 15.9. The molecule has 2 heterocycles. The molecule has 0 radical (unpaired) electrons. The van der Waals surface area contributed by atoms with Crippen LogP contribution in [0.3, 0.4) is 0 Å². The molecule has 1 atom stereocenters. The predicted octanol–water partition coefficient (Wildman–Crippen LogP) is 0.954. The Bertz CT molecular complexity index is 672. The lowest BCUT2D eigenvalue weighted by Crippen LogP contribution is -2.35. The molecule has 0 spiro atoms. The molecule has 0 aliphatic carbocycles. The van der Waals surface area contributed by atoms with Gasteiger partial charge in [0.1, 0.15) is 5.75 Å². The minimum absolute atomic E-state index is 0.0383. The number of nitrogens with zero attached hydrogens (tertiary/aromatic N) is 1. The number of amides is 2. The van der Waals surface area contributed by atoms with Gasteiger partial charge in [0.2, 0.25) is 0 Å². The van der Waals surface area contributed by atoms with E-state index in [0.29, 0.717) is 30.0 Å². The van der Waals surface area contributed by atoms with Crippen molar-refractivity contribution >= 4 is 23.5 Å². The third-order valence-corrected chi connectivity index (χ3v) is 4.14. The first-order valence-electron chi connectivity index (χ1n) is 6.98. The van der Waals surface area contributed by atoms with Crippen LogP contribution < -0.4 is 10.1 Å². The van der Waals surface area contributed by atoms with Gasteiger partial charge < -0.3 is 20.1 Å². The van der Waals surface area contributed by atoms with Gasteiger partial charge in [-0.15, -0.1) is 0 Å². The highest BCUT2D eigenvalue weighted by Crippen LogP contribution is 2.33. The van der Waals surface area contributed by atoms with E-state index in [9.17, 15) is 19.5 Å². The van der Waals surface area contributed by atoms with Crippen LogP contribution in [0.2, 0.25) is 0 Å². The van der Waals surface area contributed by atoms with Gasteiger partial charge in [-0.05, 0) is 31.5 Å². The average molecular weight is 304 g/mol. The van der Waals surface area contributed by atoms with E-state index in [2.05, 4.69) is 5.32 Å². The number of carbonyl (C=O) groups excluding carboxylic acids is 2. The Morgan fingerprint density at radius 3 is 2.86 bits per heavy atom. The molecule has 3 rings (SSSR count). The zero-order valence-electron chi connectivity index (χ0n) is 12.1. The van der Waals surface area contributed by atoms with E-state index in [1.165, 1.54) is 4.90 Å². The summed E-state index contributed by atoms with van der Waals surface area (Å²) in [4.78, 5) is 36.6. The molecule has 7 heteroatoms. The van der Waals surface area contributed by atoms with E-state index >= 15 is 0 Å². The molecule has 1 aromatic carbocycles. The number of carboxylic acid groups (broad SMARTS) is 1. The van der Waals surface area contributed by atoms with Gasteiger partial charge in [-0.2, -0.15) is 0 Å². The molecular formula is C15H16N2O5. The number of rotatable bonds is 2. The Kier molecular flexibility index (Phi) is 3.27. The molecule has 1 unspecified atom stereocenters. The molecule has 0 saturated carbocycles. The minimum Gasteiger partial charge on any atom is -0.482 e. The summed E-state index contributed by atoms with van der Waals surface area (Å²) in [5.41, 5.74) is -0.0391. The van der Waals surface area contributed by atoms with E-state index < -0.39 is 11.4 Å². The van der Waals surface area contributed by atoms with Crippen molar-refractivity contribution in [1.29, 1.82) is 0 Å². The highest BCUT2D eigenvalue weighted by Gasteiger charge is 2.42. The van der Waals surface area contributed by atoms with Gasteiger partial charge in [0.15, 0.2) is 6.61 Å². The molecule has 1 saturated heterocycles.